The van der Waals surface area contributed by atoms with E-state index < -0.39 is 24.2 Å². The van der Waals surface area contributed by atoms with Crippen LogP contribution >= 0.6 is 0 Å². The quantitative estimate of drug-likeness (QED) is 0.460. The van der Waals surface area contributed by atoms with Crippen LogP contribution in [0.5, 0.6) is 5.75 Å². The Morgan fingerprint density at radius 1 is 1.33 bits per heavy atom. The lowest BCUT2D eigenvalue weighted by molar-refractivity contribution is -0.136. The molecule has 0 bridgehead atoms. The summed E-state index contributed by atoms with van der Waals surface area (Å²) >= 11 is 0. The standard InChI is InChI=1S/C12H12F4O2/c1-8(17)10-7-9(13)3-4-11(10)18-6-2-5-12(14,15)16/h3-4,7H,2,5-6H2,1H3. The maximum absolute atomic E-state index is 12.9. The second-order valence-corrected chi connectivity index (χ2v) is 3.76. The van der Waals surface area contributed by atoms with Gasteiger partial charge in [-0.15, -0.1) is 0 Å². The molecule has 0 unspecified atom stereocenters. The predicted octanol–water partition coefficient (Wildman–Crippen LogP) is 3.75. The number of ether oxygens (including phenoxy) is 1. The highest BCUT2D eigenvalue weighted by atomic mass is 19.4. The topological polar surface area (TPSA) is 26.3 Å². The second-order valence-electron chi connectivity index (χ2n) is 3.76. The number of carbonyl (C=O) groups excluding carboxylic acids is 1. The van der Waals surface area contributed by atoms with Crippen molar-refractivity contribution in [2.24, 2.45) is 0 Å². The normalized spacial score (nSPS) is 11.4. The maximum Gasteiger partial charge on any atom is 0.389 e. The third-order valence-corrected chi connectivity index (χ3v) is 2.18. The summed E-state index contributed by atoms with van der Waals surface area (Å²) in [6.45, 7) is 1.06. The molecular weight excluding hydrogens is 252 g/mol. The van der Waals surface area contributed by atoms with Gasteiger partial charge in [0.25, 0.3) is 0 Å². The van der Waals surface area contributed by atoms with Crippen molar-refractivity contribution in [2.45, 2.75) is 25.9 Å². The molecule has 1 rings (SSSR count). The molecule has 0 saturated carbocycles. The van der Waals surface area contributed by atoms with E-state index in [0.29, 0.717) is 0 Å². The Kier molecular flexibility index (Phi) is 4.69. The number of hydrogen-bond acceptors (Lipinski definition) is 2. The summed E-state index contributed by atoms with van der Waals surface area (Å²) in [5.41, 5.74) is 0.0296. The Morgan fingerprint density at radius 3 is 2.56 bits per heavy atom. The third-order valence-electron chi connectivity index (χ3n) is 2.18. The first kappa shape index (κ1) is 14.5. The van der Waals surface area contributed by atoms with Gasteiger partial charge < -0.3 is 4.74 Å². The zero-order valence-electron chi connectivity index (χ0n) is 9.68. The fourth-order valence-electron chi connectivity index (χ4n) is 1.36. The number of Topliss-reactive ketones (excluding diaryl/α,β-unsaturated/α-hetero) is 1. The zero-order valence-corrected chi connectivity index (χ0v) is 9.68. The highest BCUT2D eigenvalue weighted by Gasteiger charge is 2.26. The summed E-state index contributed by atoms with van der Waals surface area (Å²) in [7, 11) is 0. The molecule has 0 amide bonds. The monoisotopic (exact) mass is 264 g/mol. The van der Waals surface area contributed by atoms with Crippen molar-refractivity contribution in [3.8, 4) is 5.75 Å². The summed E-state index contributed by atoms with van der Waals surface area (Å²) in [4.78, 5) is 11.2. The number of halogens is 4. The summed E-state index contributed by atoms with van der Waals surface area (Å²) in [5, 5.41) is 0. The van der Waals surface area contributed by atoms with Crippen LogP contribution in [-0.2, 0) is 0 Å². The smallest absolute Gasteiger partial charge is 0.389 e. The summed E-state index contributed by atoms with van der Waals surface area (Å²) in [5.74, 6) is -0.894. The average Bonchev–Trinajstić information content (AvgIpc) is 2.24. The molecule has 0 N–H and O–H groups in total. The Hall–Kier alpha value is -1.59. The third kappa shape index (κ3) is 4.73. The van der Waals surface area contributed by atoms with Crippen molar-refractivity contribution in [2.75, 3.05) is 6.61 Å². The molecule has 0 atom stereocenters. The largest absolute Gasteiger partial charge is 0.493 e. The van der Waals surface area contributed by atoms with E-state index in [-0.39, 0.29) is 24.3 Å². The van der Waals surface area contributed by atoms with Gasteiger partial charge >= 0.3 is 6.18 Å². The van der Waals surface area contributed by atoms with Crippen molar-refractivity contribution >= 4 is 5.78 Å². The van der Waals surface area contributed by atoms with Crippen LogP contribution in [0.3, 0.4) is 0 Å². The van der Waals surface area contributed by atoms with Gasteiger partial charge in [0.2, 0.25) is 0 Å². The van der Waals surface area contributed by atoms with Crippen LogP contribution in [-0.4, -0.2) is 18.6 Å². The van der Waals surface area contributed by atoms with E-state index in [1.165, 1.54) is 13.0 Å². The highest BCUT2D eigenvalue weighted by molar-refractivity contribution is 5.96. The van der Waals surface area contributed by atoms with Gasteiger partial charge in [-0.3, -0.25) is 4.79 Å². The molecule has 1 aromatic rings. The molecule has 6 heteroatoms. The fourth-order valence-corrected chi connectivity index (χ4v) is 1.36. The molecule has 18 heavy (non-hydrogen) atoms. The van der Waals surface area contributed by atoms with Gasteiger partial charge in [-0.25, -0.2) is 4.39 Å². The van der Waals surface area contributed by atoms with Crippen LogP contribution < -0.4 is 4.74 Å². The minimum Gasteiger partial charge on any atom is -0.493 e. The van der Waals surface area contributed by atoms with Crippen LogP contribution in [0.25, 0.3) is 0 Å². The zero-order chi connectivity index (χ0) is 13.8. The number of hydrogen-bond donors (Lipinski definition) is 0. The lowest BCUT2D eigenvalue weighted by Gasteiger charge is -2.10. The van der Waals surface area contributed by atoms with E-state index in [2.05, 4.69) is 0 Å². The highest BCUT2D eigenvalue weighted by Crippen LogP contribution is 2.23. The Balaban J connectivity index is 2.59. The second kappa shape index (κ2) is 5.84. The van der Waals surface area contributed by atoms with Gasteiger partial charge in [0.05, 0.1) is 12.2 Å². The molecule has 0 saturated heterocycles. The number of benzene rings is 1. The average molecular weight is 264 g/mol. The van der Waals surface area contributed by atoms with Gasteiger partial charge in [-0.1, -0.05) is 0 Å². The van der Waals surface area contributed by atoms with Gasteiger partial charge in [-0.05, 0) is 31.5 Å². The van der Waals surface area contributed by atoms with Crippen LogP contribution in [0.2, 0.25) is 0 Å². The first-order valence-corrected chi connectivity index (χ1v) is 5.29. The predicted molar refractivity (Wildman–Crippen MR) is 57.2 cm³/mol. The maximum atomic E-state index is 12.9. The summed E-state index contributed by atoms with van der Waals surface area (Å²) in [6.07, 6.45) is -5.39. The van der Waals surface area contributed by atoms with Crippen LogP contribution in [0, 0.1) is 5.82 Å². The molecule has 100 valence electrons. The van der Waals surface area contributed by atoms with Crippen molar-refractivity contribution in [1.29, 1.82) is 0 Å². The number of alkyl halides is 3. The van der Waals surface area contributed by atoms with E-state index in [4.69, 9.17) is 4.74 Å². The Bertz CT molecular complexity index is 427. The van der Waals surface area contributed by atoms with Crippen LogP contribution in [0.1, 0.15) is 30.1 Å². The SMILES string of the molecule is CC(=O)c1cc(F)ccc1OCCCC(F)(F)F. The lowest BCUT2D eigenvalue weighted by atomic mass is 10.1. The molecule has 0 aliphatic heterocycles. The molecule has 0 aromatic heterocycles. The minimum atomic E-state index is -4.23. The van der Waals surface area contributed by atoms with Crippen LogP contribution in [0.4, 0.5) is 17.6 Å². The van der Waals surface area contributed by atoms with Crippen molar-refractivity contribution in [3.05, 3.63) is 29.6 Å². The molecule has 0 heterocycles. The lowest BCUT2D eigenvalue weighted by Crippen LogP contribution is -2.10. The van der Waals surface area contributed by atoms with E-state index in [1.54, 1.807) is 0 Å². The van der Waals surface area contributed by atoms with Gasteiger partial charge in [0.15, 0.2) is 5.78 Å². The summed E-state index contributed by atoms with van der Waals surface area (Å²) in [6, 6.07) is 3.33. The molecule has 0 aliphatic carbocycles. The van der Waals surface area contributed by atoms with Crippen molar-refractivity contribution < 1.29 is 27.1 Å². The van der Waals surface area contributed by atoms with Crippen molar-refractivity contribution in [3.63, 3.8) is 0 Å². The molecule has 0 spiro atoms. The molecule has 0 radical (unpaired) electrons. The number of carbonyl (C=O) groups is 1. The molecule has 2 nitrogen and oxygen atoms in total. The Morgan fingerprint density at radius 2 is 2.00 bits per heavy atom. The minimum absolute atomic E-state index is 0.0296. The number of ketones is 1. The van der Waals surface area contributed by atoms with E-state index in [0.717, 1.165) is 12.1 Å². The first-order chi connectivity index (χ1) is 8.29. The molecule has 0 aliphatic rings. The van der Waals surface area contributed by atoms with Gasteiger partial charge in [-0.2, -0.15) is 13.2 Å². The molecular formula is C12H12F4O2. The summed E-state index contributed by atoms with van der Waals surface area (Å²) < 4.78 is 53.6. The van der Waals surface area contributed by atoms with Gasteiger partial charge in [0, 0.05) is 6.42 Å². The number of rotatable bonds is 5. The first-order valence-electron chi connectivity index (χ1n) is 5.29. The van der Waals surface area contributed by atoms with E-state index in [9.17, 15) is 22.4 Å². The van der Waals surface area contributed by atoms with E-state index >= 15 is 0 Å². The van der Waals surface area contributed by atoms with Crippen molar-refractivity contribution in [1.82, 2.24) is 0 Å². The van der Waals surface area contributed by atoms with Gasteiger partial charge in [0.1, 0.15) is 11.6 Å². The van der Waals surface area contributed by atoms with E-state index in [1.807, 2.05) is 0 Å². The molecule has 0 fully saturated rings. The van der Waals surface area contributed by atoms with Crippen LogP contribution in [0.15, 0.2) is 18.2 Å². The fraction of sp³-hybridized carbons (Fsp3) is 0.417. The Labute approximate surface area is 102 Å². The molecule has 1 aromatic carbocycles.